The van der Waals surface area contributed by atoms with E-state index in [-0.39, 0.29) is 11.8 Å². The van der Waals surface area contributed by atoms with Crippen molar-refractivity contribution < 1.29 is 4.79 Å². The van der Waals surface area contributed by atoms with Gasteiger partial charge in [0.15, 0.2) is 0 Å². The van der Waals surface area contributed by atoms with E-state index in [2.05, 4.69) is 15.3 Å². The van der Waals surface area contributed by atoms with Crippen LogP contribution in [0.1, 0.15) is 29.2 Å². The summed E-state index contributed by atoms with van der Waals surface area (Å²) in [6, 6.07) is 11.9. The van der Waals surface area contributed by atoms with Crippen molar-refractivity contribution in [3.63, 3.8) is 0 Å². The third-order valence-electron chi connectivity index (χ3n) is 4.67. The number of pyridine rings is 1. The van der Waals surface area contributed by atoms with E-state index in [4.69, 9.17) is 5.10 Å². The van der Waals surface area contributed by atoms with E-state index in [9.17, 15) is 4.79 Å². The third-order valence-corrected chi connectivity index (χ3v) is 5.69. The van der Waals surface area contributed by atoms with Crippen molar-refractivity contribution in [3.05, 3.63) is 65.6 Å². The summed E-state index contributed by atoms with van der Waals surface area (Å²) in [4.78, 5) is 21.2. The molecular weight excluding hydrogens is 346 g/mol. The molecule has 1 amide bonds. The Hall–Kier alpha value is -3.06. The van der Waals surface area contributed by atoms with Gasteiger partial charge >= 0.3 is 0 Å². The fourth-order valence-electron chi connectivity index (χ4n) is 3.52. The number of amides is 1. The second kappa shape index (κ2) is 5.74. The van der Waals surface area contributed by atoms with Gasteiger partial charge in [-0.1, -0.05) is 23.5 Å². The summed E-state index contributed by atoms with van der Waals surface area (Å²) >= 11 is 1.56. The minimum Gasteiger partial charge on any atom is -0.310 e. The summed E-state index contributed by atoms with van der Waals surface area (Å²) in [7, 11) is 0. The first kappa shape index (κ1) is 15.2. The fourth-order valence-corrected chi connectivity index (χ4v) is 4.44. The molecule has 1 atom stereocenters. The molecule has 1 aromatic carbocycles. The molecule has 0 aliphatic carbocycles. The quantitative estimate of drug-likeness (QED) is 0.591. The van der Waals surface area contributed by atoms with Gasteiger partial charge in [-0.3, -0.25) is 9.78 Å². The molecular formula is C19H15N5OS. The third kappa shape index (κ3) is 2.32. The molecule has 0 fully saturated rings. The molecule has 0 bridgehead atoms. The predicted molar refractivity (Wildman–Crippen MR) is 101 cm³/mol. The number of hydrogen-bond donors (Lipinski definition) is 1. The summed E-state index contributed by atoms with van der Waals surface area (Å²) in [5.41, 5.74) is 3.96. The van der Waals surface area contributed by atoms with Crippen LogP contribution in [0, 0.1) is 6.92 Å². The molecule has 1 aliphatic heterocycles. The zero-order valence-corrected chi connectivity index (χ0v) is 14.8. The van der Waals surface area contributed by atoms with Crippen LogP contribution in [0.15, 0.2) is 48.8 Å². The number of carbonyl (C=O) groups is 1. The number of thiazole rings is 1. The summed E-state index contributed by atoms with van der Waals surface area (Å²) in [6.45, 7) is 1.98. The van der Waals surface area contributed by atoms with Crippen molar-refractivity contribution in [1.29, 1.82) is 0 Å². The van der Waals surface area contributed by atoms with E-state index in [1.54, 1.807) is 28.4 Å². The lowest BCUT2D eigenvalue weighted by Gasteiger charge is -2.23. The number of rotatable bonds is 2. The lowest BCUT2D eigenvalue weighted by Crippen LogP contribution is -2.24. The Morgan fingerprint density at radius 1 is 1.19 bits per heavy atom. The maximum Gasteiger partial charge on any atom is 0.226 e. The number of hydrogen-bond acceptors (Lipinski definition) is 5. The number of anilines is 1. The molecule has 5 rings (SSSR count). The Kier molecular flexibility index (Phi) is 3.36. The van der Waals surface area contributed by atoms with E-state index in [1.807, 2.05) is 43.3 Å². The molecule has 7 heteroatoms. The lowest BCUT2D eigenvalue weighted by atomic mass is 9.86. The molecule has 4 heterocycles. The average molecular weight is 361 g/mol. The second-order valence-corrected chi connectivity index (χ2v) is 7.32. The Labute approximate surface area is 153 Å². The van der Waals surface area contributed by atoms with Gasteiger partial charge in [0.25, 0.3) is 0 Å². The topological polar surface area (TPSA) is 72.7 Å². The van der Waals surface area contributed by atoms with Gasteiger partial charge < -0.3 is 5.32 Å². The number of para-hydroxylation sites is 1. The smallest absolute Gasteiger partial charge is 0.226 e. The highest BCUT2D eigenvalue weighted by Crippen LogP contribution is 2.40. The van der Waals surface area contributed by atoms with Crippen LogP contribution in [0.3, 0.4) is 0 Å². The standard InChI is InChI=1S/C19H15N5OS/c1-11-17-13(12-6-8-20-9-7-12)10-16(25)22-18(17)24(23-11)19-21-14-4-2-3-5-15(14)26-19/h2-9,13H,10H2,1H3,(H,22,25). The van der Waals surface area contributed by atoms with Gasteiger partial charge in [0, 0.05) is 30.3 Å². The van der Waals surface area contributed by atoms with E-state index in [0.29, 0.717) is 6.42 Å². The van der Waals surface area contributed by atoms with Crippen LogP contribution in [0.5, 0.6) is 0 Å². The highest BCUT2D eigenvalue weighted by molar-refractivity contribution is 7.20. The summed E-state index contributed by atoms with van der Waals surface area (Å²) in [5.74, 6) is 0.686. The van der Waals surface area contributed by atoms with Gasteiger partial charge in [0.1, 0.15) is 5.82 Å². The minimum atomic E-state index is -0.0233. The van der Waals surface area contributed by atoms with Crippen molar-refractivity contribution in [2.45, 2.75) is 19.3 Å². The number of aryl methyl sites for hydroxylation is 1. The maximum atomic E-state index is 12.4. The Morgan fingerprint density at radius 3 is 2.81 bits per heavy atom. The molecule has 6 nitrogen and oxygen atoms in total. The van der Waals surface area contributed by atoms with E-state index in [1.165, 1.54) is 0 Å². The van der Waals surface area contributed by atoms with Gasteiger partial charge in [0.05, 0.1) is 15.9 Å². The molecule has 0 radical (unpaired) electrons. The van der Waals surface area contributed by atoms with E-state index < -0.39 is 0 Å². The molecule has 128 valence electrons. The molecule has 1 aliphatic rings. The largest absolute Gasteiger partial charge is 0.310 e. The molecule has 1 unspecified atom stereocenters. The van der Waals surface area contributed by atoms with Crippen LogP contribution in [0.25, 0.3) is 15.3 Å². The number of nitrogens with zero attached hydrogens (tertiary/aromatic N) is 4. The minimum absolute atomic E-state index is 0.0124. The molecule has 0 saturated heterocycles. The van der Waals surface area contributed by atoms with Crippen molar-refractivity contribution in [3.8, 4) is 5.13 Å². The van der Waals surface area contributed by atoms with Crippen LogP contribution < -0.4 is 5.32 Å². The maximum absolute atomic E-state index is 12.4. The van der Waals surface area contributed by atoms with Crippen molar-refractivity contribution in [2.75, 3.05) is 5.32 Å². The predicted octanol–water partition coefficient (Wildman–Crippen LogP) is 3.66. The van der Waals surface area contributed by atoms with Crippen LogP contribution in [-0.2, 0) is 4.79 Å². The SMILES string of the molecule is Cc1nn(-c2nc3ccccc3s2)c2c1C(c1ccncc1)CC(=O)N2. The van der Waals surface area contributed by atoms with Gasteiger partial charge in [0.2, 0.25) is 11.0 Å². The van der Waals surface area contributed by atoms with Crippen LogP contribution in [0.4, 0.5) is 5.82 Å². The molecule has 3 aromatic heterocycles. The number of aromatic nitrogens is 4. The number of nitrogens with one attached hydrogen (secondary N) is 1. The normalized spacial score (nSPS) is 16.5. The number of carbonyl (C=O) groups excluding carboxylic acids is 1. The summed E-state index contributed by atoms with van der Waals surface area (Å²) in [6.07, 6.45) is 3.92. The van der Waals surface area contributed by atoms with Gasteiger partial charge in [-0.2, -0.15) is 9.78 Å². The summed E-state index contributed by atoms with van der Waals surface area (Å²) < 4.78 is 2.86. The van der Waals surface area contributed by atoms with Gasteiger partial charge in [-0.25, -0.2) is 4.98 Å². The van der Waals surface area contributed by atoms with Crippen molar-refractivity contribution >= 4 is 33.3 Å². The van der Waals surface area contributed by atoms with Crippen LogP contribution in [-0.4, -0.2) is 25.7 Å². The van der Waals surface area contributed by atoms with Crippen molar-refractivity contribution in [1.82, 2.24) is 19.7 Å². The molecule has 26 heavy (non-hydrogen) atoms. The first-order valence-electron chi connectivity index (χ1n) is 8.36. The molecule has 1 N–H and O–H groups in total. The summed E-state index contributed by atoms with van der Waals surface area (Å²) in [5, 5.41) is 8.46. The van der Waals surface area contributed by atoms with Gasteiger partial charge in [-0.15, -0.1) is 0 Å². The van der Waals surface area contributed by atoms with E-state index in [0.717, 1.165) is 38.0 Å². The Balaban J connectivity index is 1.69. The molecule has 0 saturated carbocycles. The monoisotopic (exact) mass is 361 g/mol. The lowest BCUT2D eigenvalue weighted by molar-refractivity contribution is -0.116. The van der Waals surface area contributed by atoms with Crippen molar-refractivity contribution in [2.24, 2.45) is 0 Å². The first-order chi connectivity index (χ1) is 12.7. The number of benzene rings is 1. The number of fused-ring (bicyclic) bond motifs is 2. The molecule has 0 spiro atoms. The van der Waals surface area contributed by atoms with E-state index >= 15 is 0 Å². The van der Waals surface area contributed by atoms with Crippen LogP contribution in [0.2, 0.25) is 0 Å². The Morgan fingerprint density at radius 2 is 2.00 bits per heavy atom. The fraction of sp³-hybridized carbons (Fsp3) is 0.158. The highest BCUT2D eigenvalue weighted by atomic mass is 32.1. The zero-order valence-electron chi connectivity index (χ0n) is 14.0. The van der Waals surface area contributed by atoms with Gasteiger partial charge in [-0.05, 0) is 36.8 Å². The Bertz CT molecular complexity index is 1100. The zero-order chi connectivity index (χ0) is 17.7. The first-order valence-corrected chi connectivity index (χ1v) is 9.17. The highest BCUT2D eigenvalue weighted by Gasteiger charge is 2.33. The molecule has 4 aromatic rings. The second-order valence-electron chi connectivity index (χ2n) is 6.31. The average Bonchev–Trinajstić information content (AvgIpc) is 3.23. The van der Waals surface area contributed by atoms with Crippen LogP contribution >= 0.6 is 11.3 Å².